The molecule has 0 saturated carbocycles. The number of aliphatic hydroxyl groups is 1. The van der Waals surface area contributed by atoms with E-state index in [-0.39, 0.29) is 19.0 Å². The quantitative estimate of drug-likeness (QED) is 0.593. The van der Waals surface area contributed by atoms with Crippen LogP contribution in [0, 0.1) is 0 Å². The molecule has 26 heavy (non-hydrogen) atoms. The Bertz CT molecular complexity index is 644. The lowest BCUT2D eigenvalue weighted by atomic mass is 9.89. The maximum Gasteiger partial charge on any atom is 0.144 e. The third-order valence-corrected chi connectivity index (χ3v) is 4.67. The van der Waals surface area contributed by atoms with Gasteiger partial charge in [0.15, 0.2) is 0 Å². The minimum Gasteiger partial charge on any atom is -0.393 e. The van der Waals surface area contributed by atoms with Crippen LogP contribution in [0.3, 0.4) is 0 Å². The number of hydrogen-bond acceptors (Lipinski definition) is 4. The molecule has 1 aliphatic heterocycles. The van der Waals surface area contributed by atoms with E-state index in [4.69, 9.17) is 4.84 Å². The van der Waals surface area contributed by atoms with Crippen molar-refractivity contribution in [2.24, 2.45) is 5.16 Å². The van der Waals surface area contributed by atoms with Crippen LogP contribution in [-0.4, -0.2) is 48.6 Å². The molecule has 4 nitrogen and oxygen atoms in total. The van der Waals surface area contributed by atoms with Crippen molar-refractivity contribution in [3.63, 3.8) is 0 Å². The number of rotatable bonds is 7. The Labute approximate surface area is 161 Å². The highest BCUT2D eigenvalue weighted by Crippen LogP contribution is 2.27. The third kappa shape index (κ3) is 6.45. The first-order chi connectivity index (χ1) is 12.3. The predicted octanol–water partition coefficient (Wildman–Crippen LogP) is 3.70. The molecule has 0 amide bonds. The van der Waals surface area contributed by atoms with Crippen molar-refractivity contribution >= 4 is 18.6 Å². The van der Waals surface area contributed by atoms with Crippen LogP contribution in [0.2, 0.25) is 0 Å². The van der Waals surface area contributed by atoms with Crippen LogP contribution in [0.1, 0.15) is 29.9 Å². The van der Waals surface area contributed by atoms with Crippen LogP contribution in [-0.2, 0) is 4.84 Å². The zero-order chi connectivity index (χ0) is 17.3. The lowest BCUT2D eigenvalue weighted by Gasteiger charge is -2.33. The first-order valence-corrected chi connectivity index (χ1v) is 8.97. The number of aliphatic hydroxyl groups excluding tert-OH is 1. The number of halogens is 1. The van der Waals surface area contributed by atoms with Crippen LogP contribution < -0.4 is 0 Å². The van der Waals surface area contributed by atoms with E-state index in [1.807, 2.05) is 30.3 Å². The van der Waals surface area contributed by atoms with Gasteiger partial charge in [-0.05, 0) is 43.0 Å². The van der Waals surface area contributed by atoms with E-state index >= 15 is 0 Å². The molecule has 5 heteroatoms. The van der Waals surface area contributed by atoms with E-state index in [9.17, 15) is 5.11 Å². The van der Waals surface area contributed by atoms with Gasteiger partial charge in [0, 0.05) is 6.54 Å². The molecule has 0 aliphatic carbocycles. The first-order valence-electron chi connectivity index (χ1n) is 8.97. The third-order valence-electron chi connectivity index (χ3n) is 4.67. The summed E-state index contributed by atoms with van der Waals surface area (Å²) < 4.78 is 0. The summed E-state index contributed by atoms with van der Waals surface area (Å²) >= 11 is 0. The lowest BCUT2D eigenvalue weighted by Crippen LogP contribution is -2.39. The Morgan fingerprint density at radius 3 is 2.31 bits per heavy atom. The van der Waals surface area contributed by atoms with E-state index in [2.05, 4.69) is 40.4 Å². The van der Waals surface area contributed by atoms with Crippen LogP contribution in [0.4, 0.5) is 0 Å². The molecule has 0 aromatic heterocycles. The van der Waals surface area contributed by atoms with Crippen molar-refractivity contribution in [1.29, 1.82) is 0 Å². The topological polar surface area (TPSA) is 45.1 Å². The number of hydrogen-bond donors (Lipinski definition) is 1. The maximum atomic E-state index is 10.1. The highest BCUT2D eigenvalue weighted by molar-refractivity contribution is 5.85. The smallest absolute Gasteiger partial charge is 0.144 e. The second-order valence-corrected chi connectivity index (χ2v) is 6.58. The molecule has 1 aliphatic rings. The molecule has 2 aromatic rings. The molecule has 2 aromatic carbocycles. The van der Waals surface area contributed by atoms with Gasteiger partial charge < -0.3 is 14.8 Å². The minimum absolute atomic E-state index is 0. The van der Waals surface area contributed by atoms with E-state index in [1.54, 1.807) is 6.21 Å². The van der Waals surface area contributed by atoms with Crippen molar-refractivity contribution in [2.45, 2.75) is 24.9 Å². The monoisotopic (exact) mass is 374 g/mol. The predicted molar refractivity (Wildman–Crippen MR) is 108 cm³/mol. The molecule has 1 N–H and O–H groups in total. The van der Waals surface area contributed by atoms with E-state index < -0.39 is 6.10 Å². The molecule has 0 radical (unpaired) electrons. The molecular weight excluding hydrogens is 348 g/mol. The molecule has 0 bridgehead atoms. The summed E-state index contributed by atoms with van der Waals surface area (Å²) in [6, 6.07) is 20.5. The number of oxime groups is 1. The minimum atomic E-state index is -0.513. The standard InChI is InChI=1S/C21H26N2O2.ClH/c24-21(17-25-22-15-18-7-3-1-4-8-18)16-23-13-11-20(12-14-23)19-9-5-2-6-10-19;/h1-10,15,20-21,24H,11-14,16-17H2;1H. The summed E-state index contributed by atoms with van der Waals surface area (Å²) in [5.74, 6) is 0.640. The fourth-order valence-electron chi connectivity index (χ4n) is 3.29. The fourth-order valence-corrected chi connectivity index (χ4v) is 3.29. The Kier molecular flexibility index (Phi) is 8.62. The second kappa shape index (κ2) is 11.0. The largest absolute Gasteiger partial charge is 0.393 e. The normalized spacial score (nSPS) is 17.0. The Hall–Kier alpha value is -1.88. The molecule has 140 valence electrons. The van der Waals surface area contributed by atoms with Gasteiger partial charge in [0.05, 0.1) is 6.21 Å². The van der Waals surface area contributed by atoms with Crippen molar-refractivity contribution in [1.82, 2.24) is 4.90 Å². The average molecular weight is 375 g/mol. The summed E-state index contributed by atoms with van der Waals surface area (Å²) in [6.45, 7) is 2.90. The molecule has 1 fully saturated rings. The molecule has 1 heterocycles. The van der Waals surface area contributed by atoms with Crippen LogP contribution in [0.15, 0.2) is 65.8 Å². The molecule has 1 saturated heterocycles. The molecule has 1 unspecified atom stereocenters. The van der Waals surface area contributed by atoms with Gasteiger partial charge in [-0.15, -0.1) is 12.4 Å². The highest BCUT2D eigenvalue weighted by Gasteiger charge is 2.22. The van der Waals surface area contributed by atoms with Crippen LogP contribution in [0.25, 0.3) is 0 Å². The van der Waals surface area contributed by atoms with Gasteiger partial charge in [-0.3, -0.25) is 0 Å². The SMILES string of the molecule is Cl.OC(CON=Cc1ccccc1)CN1CCC(c2ccccc2)CC1. The molecule has 3 rings (SSSR count). The summed E-state index contributed by atoms with van der Waals surface area (Å²) in [5.41, 5.74) is 2.42. The van der Waals surface area contributed by atoms with Crippen molar-refractivity contribution < 1.29 is 9.94 Å². The zero-order valence-corrected chi connectivity index (χ0v) is 15.7. The Balaban J connectivity index is 0.00000243. The van der Waals surface area contributed by atoms with Gasteiger partial charge in [-0.1, -0.05) is 65.8 Å². The van der Waals surface area contributed by atoms with Gasteiger partial charge in [0.1, 0.15) is 12.7 Å². The second-order valence-electron chi connectivity index (χ2n) is 6.58. The molecular formula is C21H27ClN2O2. The number of β-amino-alcohol motifs (C(OH)–C–C–N with tert-alkyl or cyclic N) is 1. The van der Waals surface area contributed by atoms with E-state index in [0.717, 1.165) is 31.5 Å². The van der Waals surface area contributed by atoms with Crippen LogP contribution in [0.5, 0.6) is 0 Å². The summed E-state index contributed by atoms with van der Waals surface area (Å²) in [5, 5.41) is 14.1. The van der Waals surface area contributed by atoms with Gasteiger partial charge >= 0.3 is 0 Å². The van der Waals surface area contributed by atoms with Crippen molar-refractivity contribution in [3.05, 3.63) is 71.8 Å². The number of piperidine rings is 1. The summed E-state index contributed by atoms with van der Waals surface area (Å²) in [7, 11) is 0. The molecule has 1 atom stereocenters. The molecule has 0 spiro atoms. The fraction of sp³-hybridized carbons (Fsp3) is 0.381. The van der Waals surface area contributed by atoms with E-state index in [1.165, 1.54) is 5.56 Å². The van der Waals surface area contributed by atoms with E-state index in [0.29, 0.717) is 12.5 Å². The van der Waals surface area contributed by atoms with Gasteiger partial charge in [-0.25, -0.2) is 0 Å². The van der Waals surface area contributed by atoms with Crippen molar-refractivity contribution in [2.75, 3.05) is 26.2 Å². The number of benzene rings is 2. The summed E-state index contributed by atoms with van der Waals surface area (Å²) in [6.07, 6.45) is 3.44. The van der Waals surface area contributed by atoms with Gasteiger partial charge in [-0.2, -0.15) is 0 Å². The number of likely N-dealkylation sites (tertiary alicyclic amines) is 1. The maximum absolute atomic E-state index is 10.1. The summed E-state index contributed by atoms with van der Waals surface area (Å²) in [4.78, 5) is 7.54. The van der Waals surface area contributed by atoms with Crippen LogP contribution >= 0.6 is 12.4 Å². The van der Waals surface area contributed by atoms with Crippen molar-refractivity contribution in [3.8, 4) is 0 Å². The first kappa shape index (κ1) is 20.4. The van der Waals surface area contributed by atoms with Gasteiger partial charge in [0.2, 0.25) is 0 Å². The Morgan fingerprint density at radius 1 is 1.04 bits per heavy atom. The highest BCUT2D eigenvalue weighted by atomic mass is 35.5. The average Bonchev–Trinajstić information content (AvgIpc) is 2.67. The van der Waals surface area contributed by atoms with Gasteiger partial charge in [0.25, 0.3) is 0 Å². The lowest BCUT2D eigenvalue weighted by molar-refractivity contribution is 0.0152. The number of nitrogens with zero attached hydrogens (tertiary/aromatic N) is 2. The Morgan fingerprint density at radius 2 is 1.65 bits per heavy atom. The zero-order valence-electron chi connectivity index (χ0n) is 14.9.